The van der Waals surface area contributed by atoms with Crippen LogP contribution in [0.25, 0.3) is 0 Å². The molecule has 0 amide bonds. The third-order valence-electron chi connectivity index (χ3n) is 4.53. The van der Waals surface area contributed by atoms with Crippen molar-refractivity contribution in [3.05, 3.63) is 78.4 Å². The highest BCUT2D eigenvalue weighted by molar-refractivity contribution is 5.60. The standard InChI is InChI=1S/C18H13N5O4/c1-9-12(7-19)17(24)22(2)18-14(9)15(13(8-20)16(21)27-18)10-4-3-5-11(6-10)23(25)26/h3-6,15H,21H2,1-2H3. The molecule has 0 bridgehead atoms. The van der Waals surface area contributed by atoms with Crippen LogP contribution in [-0.2, 0) is 7.05 Å². The molecule has 2 aromatic rings. The Hall–Kier alpha value is -4.11. The minimum atomic E-state index is -0.808. The van der Waals surface area contributed by atoms with Crippen LogP contribution in [0.4, 0.5) is 5.69 Å². The zero-order valence-corrected chi connectivity index (χ0v) is 14.4. The Morgan fingerprint density at radius 1 is 1.33 bits per heavy atom. The van der Waals surface area contributed by atoms with Gasteiger partial charge in [-0.1, -0.05) is 12.1 Å². The molecule has 2 heterocycles. The maximum Gasteiger partial charge on any atom is 0.271 e. The van der Waals surface area contributed by atoms with E-state index in [1.807, 2.05) is 12.1 Å². The number of nitriles is 2. The second kappa shape index (κ2) is 6.32. The number of hydrogen-bond acceptors (Lipinski definition) is 7. The number of allylic oxidation sites excluding steroid dienone is 1. The maximum atomic E-state index is 12.4. The molecule has 1 aliphatic rings. The van der Waals surface area contributed by atoms with E-state index >= 15 is 0 Å². The summed E-state index contributed by atoms with van der Waals surface area (Å²) in [5, 5.41) is 30.1. The molecule has 1 atom stereocenters. The highest BCUT2D eigenvalue weighted by Gasteiger charge is 2.36. The Morgan fingerprint density at radius 2 is 2.04 bits per heavy atom. The molecule has 1 aromatic carbocycles. The normalized spacial score (nSPS) is 15.3. The summed E-state index contributed by atoms with van der Waals surface area (Å²) in [4.78, 5) is 23.0. The largest absolute Gasteiger partial charge is 0.424 e. The molecule has 0 fully saturated rings. The number of aromatic nitrogens is 1. The molecule has 27 heavy (non-hydrogen) atoms. The van der Waals surface area contributed by atoms with E-state index in [1.165, 1.54) is 25.2 Å². The fourth-order valence-corrected chi connectivity index (χ4v) is 3.21. The Balaban J connectivity index is 2.42. The number of nitro benzene ring substituents is 1. The van der Waals surface area contributed by atoms with E-state index in [0.717, 1.165) is 4.57 Å². The van der Waals surface area contributed by atoms with Crippen LogP contribution in [0, 0.1) is 39.7 Å². The third kappa shape index (κ3) is 2.58. The smallest absolute Gasteiger partial charge is 0.271 e. The van der Waals surface area contributed by atoms with Crippen molar-refractivity contribution >= 4 is 5.69 Å². The zero-order chi connectivity index (χ0) is 19.9. The van der Waals surface area contributed by atoms with E-state index < -0.39 is 16.4 Å². The summed E-state index contributed by atoms with van der Waals surface area (Å²) < 4.78 is 6.66. The number of ether oxygens (including phenoxy) is 1. The highest BCUT2D eigenvalue weighted by atomic mass is 16.6. The molecule has 2 N–H and O–H groups in total. The van der Waals surface area contributed by atoms with Crippen molar-refractivity contribution in [1.29, 1.82) is 10.5 Å². The van der Waals surface area contributed by atoms with Gasteiger partial charge in [-0.25, -0.2) is 0 Å². The topological polar surface area (TPSA) is 148 Å². The van der Waals surface area contributed by atoms with Crippen molar-refractivity contribution in [3.63, 3.8) is 0 Å². The molecular formula is C18H13N5O4. The summed E-state index contributed by atoms with van der Waals surface area (Å²) in [6.07, 6.45) is 0. The van der Waals surface area contributed by atoms with Crippen molar-refractivity contribution in [2.24, 2.45) is 12.8 Å². The summed E-state index contributed by atoms with van der Waals surface area (Å²) >= 11 is 0. The fraction of sp³-hybridized carbons (Fsp3) is 0.167. The van der Waals surface area contributed by atoms with Crippen LogP contribution in [-0.4, -0.2) is 9.49 Å². The maximum absolute atomic E-state index is 12.4. The van der Waals surface area contributed by atoms with Gasteiger partial charge in [-0.15, -0.1) is 0 Å². The first-order valence-corrected chi connectivity index (χ1v) is 7.77. The van der Waals surface area contributed by atoms with Crippen molar-refractivity contribution < 1.29 is 9.66 Å². The molecule has 9 heteroatoms. The number of fused-ring (bicyclic) bond motifs is 1. The minimum absolute atomic E-state index is 0.0497. The van der Waals surface area contributed by atoms with E-state index in [1.54, 1.807) is 13.0 Å². The van der Waals surface area contributed by atoms with Crippen molar-refractivity contribution in [3.8, 4) is 18.0 Å². The van der Waals surface area contributed by atoms with Crippen LogP contribution < -0.4 is 16.0 Å². The van der Waals surface area contributed by atoms with Crippen LogP contribution >= 0.6 is 0 Å². The molecule has 0 saturated heterocycles. The second-order valence-electron chi connectivity index (χ2n) is 5.97. The van der Waals surface area contributed by atoms with E-state index in [2.05, 4.69) is 0 Å². The Bertz CT molecular complexity index is 1160. The van der Waals surface area contributed by atoms with Gasteiger partial charge in [0.2, 0.25) is 11.8 Å². The molecule has 3 rings (SSSR count). The SMILES string of the molecule is Cc1c2c(n(C)c(=O)c1C#N)OC(N)=C(C#N)C2c1cccc([N+](=O)[O-])c1. The molecule has 1 unspecified atom stereocenters. The van der Waals surface area contributed by atoms with Gasteiger partial charge in [0, 0.05) is 24.7 Å². The van der Waals surface area contributed by atoms with E-state index in [0.29, 0.717) is 16.7 Å². The lowest BCUT2D eigenvalue weighted by molar-refractivity contribution is -0.384. The third-order valence-corrected chi connectivity index (χ3v) is 4.53. The summed E-state index contributed by atoms with van der Waals surface area (Å²) in [5.74, 6) is -0.900. The average Bonchev–Trinajstić information content (AvgIpc) is 2.65. The first-order valence-electron chi connectivity index (χ1n) is 7.77. The van der Waals surface area contributed by atoms with Gasteiger partial charge in [-0.2, -0.15) is 10.5 Å². The number of hydrogen-bond donors (Lipinski definition) is 1. The molecule has 0 radical (unpaired) electrons. The van der Waals surface area contributed by atoms with Crippen molar-refractivity contribution in [1.82, 2.24) is 4.57 Å². The van der Waals surface area contributed by atoms with E-state index in [-0.39, 0.29) is 28.6 Å². The lowest BCUT2D eigenvalue weighted by Crippen LogP contribution is -2.31. The molecule has 0 aliphatic carbocycles. The highest BCUT2D eigenvalue weighted by Crippen LogP contribution is 2.43. The number of rotatable bonds is 2. The van der Waals surface area contributed by atoms with Crippen LogP contribution in [0.3, 0.4) is 0 Å². The van der Waals surface area contributed by atoms with E-state index in [4.69, 9.17) is 10.5 Å². The minimum Gasteiger partial charge on any atom is -0.424 e. The average molecular weight is 363 g/mol. The van der Waals surface area contributed by atoms with Gasteiger partial charge in [0.15, 0.2) is 0 Å². The first-order chi connectivity index (χ1) is 12.8. The van der Waals surface area contributed by atoms with Gasteiger partial charge >= 0.3 is 0 Å². The molecule has 134 valence electrons. The summed E-state index contributed by atoms with van der Waals surface area (Å²) in [6.45, 7) is 1.57. The summed E-state index contributed by atoms with van der Waals surface area (Å²) in [5.41, 5.74) is 6.31. The van der Waals surface area contributed by atoms with Crippen molar-refractivity contribution in [2.75, 3.05) is 0 Å². The van der Waals surface area contributed by atoms with Gasteiger partial charge in [0.05, 0.1) is 10.8 Å². The number of non-ortho nitro benzene ring substituents is 1. The van der Waals surface area contributed by atoms with Crippen molar-refractivity contribution in [2.45, 2.75) is 12.8 Å². The number of nitrogens with two attached hydrogens (primary N) is 1. The monoisotopic (exact) mass is 363 g/mol. The Morgan fingerprint density at radius 3 is 2.63 bits per heavy atom. The Labute approximate surface area is 153 Å². The number of pyridine rings is 1. The molecule has 9 nitrogen and oxygen atoms in total. The van der Waals surface area contributed by atoms with Gasteiger partial charge in [-0.3, -0.25) is 19.5 Å². The molecule has 1 aromatic heterocycles. The predicted molar refractivity (Wildman–Crippen MR) is 93.5 cm³/mol. The summed E-state index contributed by atoms with van der Waals surface area (Å²) in [6, 6.07) is 9.63. The number of nitro groups is 1. The zero-order valence-electron chi connectivity index (χ0n) is 14.4. The van der Waals surface area contributed by atoms with Crippen LogP contribution in [0.15, 0.2) is 40.5 Å². The van der Waals surface area contributed by atoms with Gasteiger partial charge in [0.1, 0.15) is 23.3 Å². The lowest BCUT2D eigenvalue weighted by Gasteiger charge is -2.29. The molecule has 0 saturated carbocycles. The quantitative estimate of drug-likeness (QED) is 0.630. The van der Waals surface area contributed by atoms with Crippen LogP contribution in [0.1, 0.15) is 28.2 Å². The summed E-state index contributed by atoms with van der Waals surface area (Å²) in [7, 11) is 1.43. The number of nitrogens with zero attached hydrogens (tertiary/aromatic N) is 4. The van der Waals surface area contributed by atoms with Gasteiger partial charge in [-0.05, 0) is 18.1 Å². The van der Waals surface area contributed by atoms with Gasteiger partial charge < -0.3 is 10.5 Å². The Kier molecular flexibility index (Phi) is 4.14. The second-order valence-corrected chi connectivity index (χ2v) is 5.97. The molecular weight excluding hydrogens is 350 g/mol. The predicted octanol–water partition coefficient (Wildman–Crippen LogP) is 1.69. The van der Waals surface area contributed by atoms with Crippen LogP contribution in [0.5, 0.6) is 5.88 Å². The number of benzene rings is 1. The fourth-order valence-electron chi connectivity index (χ4n) is 3.21. The lowest BCUT2D eigenvalue weighted by atomic mass is 9.81. The molecule has 1 aliphatic heterocycles. The van der Waals surface area contributed by atoms with Crippen LogP contribution in [0.2, 0.25) is 0 Å². The van der Waals surface area contributed by atoms with Gasteiger partial charge in [0.25, 0.3) is 11.2 Å². The first kappa shape index (κ1) is 17.7. The van der Waals surface area contributed by atoms with E-state index in [9.17, 15) is 25.4 Å². The molecule has 0 spiro atoms.